The largest absolute Gasteiger partial charge is 0.356 e. The van der Waals surface area contributed by atoms with E-state index in [4.69, 9.17) is 4.52 Å². The topological polar surface area (TPSA) is 71.3 Å². The Labute approximate surface area is 207 Å². The molecule has 0 unspecified atom stereocenters. The lowest BCUT2D eigenvalue weighted by atomic mass is 9.96. The highest BCUT2D eigenvalue weighted by molar-refractivity contribution is 9.10. The highest BCUT2D eigenvalue weighted by atomic mass is 79.9. The number of hydrogen-bond acceptors (Lipinski definition) is 6. The summed E-state index contributed by atoms with van der Waals surface area (Å²) in [5, 5.41) is 7.23. The van der Waals surface area contributed by atoms with Crippen LogP contribution in [-0.4, -0.2) is 46.3 Å². The van der Waals surface area contributed by atoms with Crippen molar-refractivity contribution < 1.29 is 9.32 Å². The van der Waals surface area contributed by atoms with Crippen molar-refractivity contribution in [2.45, 2.75) is 31.6 Å². The van der Waals surface area contributed by atoms with Crippen LogP contribution in [0.5, 0.6) is 0 Å². The van der Waals surface area contributed by atoms with Gasteiger partial charge in [0.2, 0.25) is 17.6 Å². The summed E-state index contributed by atoms with van der Waals surface area (Å²) in [5.41, 5.74) is 2.28. The molecule has 6 nitrogen and oxygen atoms in total. The van der Waals surface area contributed by atoms with Gasteiger partial charge in [0.05, 0.1) is 6.54 Å². The standard InChI is InChI=1S/C25H29BrN4O2S/c26-22-9-7-20(8-10-22)24-28-23(32-29-24)17-30-14-11-21(12-15-30)25(31)27-13-4-16-33-18-19-5-2-1-3-6-19/h1-3,5-10,21H,4,11-18H2,(H,27,31). The number of benzene rings is 2. The van der Waals surface area contributed by atoms with Crippen LogP contribution in [0.25, 0.3) is 11.4 Å². The van der Waals surface area contributed by atoms with Crippen LogP contribution in [-0.2, 0) is 17.1 Å². The van der Waals surface area contributed by atoms with Gasteiger partial charge < -0.3 is 9.84 Å². The normalized spacial score (nSPS) is 14.9. The number of likely N-dealkylation sites (tertiary alicyclic amines) is 1. The molecule has 2 heterocycles. The molecular weight excluding hydrogens is 500 g/mol. The van der Waals surface area contributed by atoms with E-state index in [1.54, 1.807) is 0 Å². The zero-order valence-electron chi connectivity index (χ0n) is 18.6. The molecule has 33 heavy (non-hydrogen) atoms. The van der Waals surface area contributed by atoms with E-state index in [1.165, 1.54) is 5.56 Å². The van der Waals surface area contributed by atoms with E-state index in [2.05, 4.69) is 60.6 Å². The van der Waals surface area contributed by atoms with Crippen molar-refractivity contribution in [1.29, 1.82) is 0 Å². The fourth-order valence-electron chi connectivity index (χ4n) is 3.87. The van der Waals surface area contributed by atoms with Gasteiger partial charge in [-0.25, -0.2) is 0 Å². The Hall–Kier alpha value is -2.16. The Morgan fingerprint density at radius 1 is 1.12 bits per heavy atom. The molecule has 174 valence electrons. The summed E-state index contributed by atoms with van der Waals surface area (Å²) >= 11 is 5.35. The maximum absolute atomic E-state index is 12.5. The van der Waals surface area contributed by atoms with Crippen LogP contribution in [0.15, 0.2) is 63.6 Å². The average Bonchev–Trinajstić information content (AvgIpc) is 3.31. The SMILES string of the molecule is O=C(NCCCSCc1ccccc1)C1CCN(Cc2nc(-c3ccc(Br)cc3)no2)CC1. The lowest BCUT2D eigenvalue weighted by Gasteiger charge is -2.30. The number of piperidine rings is 1. The molecule has 1 aromatic heterocycles. The molecule has 0 radical (unpaired) electrons. The molecule has 2 aromatic carbocycles. The van der Waals surface area contributed by atoms with Crippen LogP contribution in [0.3, 0.4) is 0 Å². The maximum atomic E-state index is 12.5. The predicted molar refractivity (Wildman–Crippen MR) is 136 cm³/mol. The van der Waals surface area contributed by atoms with Crippen molar-refractivity contribution in [3.63, 3.8) is 0 Å². The van der Waals surface area contributed by atoms with Gasteiger partial charge in [-0.1, -0.05) is 51.4 Å². The van der Waals surface area contributed by atoms with Gasteiger partial charge in [-0.15, -0.1) is 0 Å². The summed E-state index contributed by atoms with van der Waals surface area (Å²) < 4.78 is 6.46. The Morgan fingerprint density at radius 2 is 1.88 bits per heavy atom. The molecule has 1 N–H and O–H groups in total. The Morgan fingerprint density at radius 3 is 2.64 bits per heavy atom. The van der Waals surface area contributed by atoms with Crippen molar-refractivity contribution >= 4 is 33.6 Å². The second-order valence-electron chi connectivity index (χ2n) is 8.25. The third-order valence-electron chi connectivity index (χ3n) is 5.76. The van der Waals surface area contributed by atoms with Crippen LogP contribution >= 0.6 is 27.7 Å². The van der Waals surface area contributed by atoms with E-state index in [1.807, 2.05) is 42.1 Å². The molecule has 4 rings (SSSR count). The molecule has 8 heteroatoms. The minimum Gasteiger partial charge on any atom is -0.356 e. The van der Waals surface area contributed by atoms with Crippen LogP contribution in [0.2, 0.25) is 0 Å². The Kier molecular flexibility index (Phi) is 8.97. The van der Waals surface area contributed by atoms with E-state index in [-0.39, 0.29) is 11.8 Å². The fourth-order valence-corrected chi connectivity index (χ4v) is 5.06. The monoisotopic (exact) mass is 528 g/mol. The number of hydrogen-bond donors (Lipinski definition) is 1. The molecule has 0 atom stereocenters. The van der Waals surface area contributed by atoms with Gasteiger partial charge in [-0.2, -0.15) is 16.7 Å². The molecule has 0 saturated carbocycles. The summed E-state index contributed by atoms with van der Waals surface area (Å²) in [6.07, 6.45) is 2.73. The quantitative estimate of drug-likeness (QED) is 0.367. The number of rotatable bonds is 10. The van der Waals surface area contributed by atoms with E-state index in [0.29, 0.717) is 18.3 Å². The smallest absolute Gasteiger partial charge is 0.241 e. The number of nitrogens with zero attached hydrogens (tertiary/aromatic N) is 3. The minimum atomic E-state index is 0.0965. The molecular formula is C25H29BrN4O2S. The molecule has 0 bridgehead atoms. The molecule has 1 aliphatic rings. The van der Waals surface area contributed by atoms with Gasteiger partial charge in [-0.3, -0.25) is 9.69 Å². The number of amides is 1. The van der Waals surface area contributed by atoms with E-state index < -0.39 is 0 Å². The summed E-state index contributed by atoms with van der Waals surface area (Å²) in [7, 11) is 0. The highest BCUT2D eigenvalue weighted by Crippen LogP contribution is 2.22. The lowest BCUT2D eigenvalue weighted by molar-refractivity contribution is -0.126. The van der Waals surface area contributed by atoms with Crippen LogP contribution in [0.1, 0.15) is 30.7 Å². The zero-order valence-corrected chi connectivity index (χ0v) is 21.0. The number of halogens is 1. The molecule has 3 aromatic rings. The van der Waals surface area contributed by atoms with Gasteiger partial charge in [0.25, 0.3) is 0 Å². The Bertz CT molecular complexity index is 1000. The number of thioether (sulfide) groups is 1. The number of nitrogens with one attached hydrogen (secondary N) is 1. The first kappa shape index (κ1) is 24.0. The van der Waals surface area contributed by atoms with Crippen molar-refractivity contribution in [2.75, 3.05) is 25.4 Å². The van der Waals surface area contributed by atoms with Crippen molar-refractivity contribution in [3.05, 3.63) is 70.5 Å². The van der Waals surface area contributed by atoms with Crippen LogP contribution in [0.4, 0.5) is 0 Å². The third kappa shape index (κ3) is 7.42. The van der Waals surface area contributed by atoms with E-state index in [9.17, 15) is 4.79 Å². The predicted octanol–water partition coefficient (Wildman–Crippen LogP) is 5.15. The number of carbonyl (C=O) groups is 1. The molecule has 1 fully saturated rings. The molecule has 1 saturated heterocycles. The van der Waals surface area contributed by atoms with Crippen molar-refractivity contribution in [2.24, 2.45) is 5.92 Å². The van der Waals surface area contributed by atoms with Crippen molar-refractivity contribution in [3.8, 4) is 11.4 Å². The average molecular weight is 530 g/mol. The van der Waals surface area contributed by atoms with E-state index >= 15 is 0 Å². The molecule has 0 spiro atoms. The van der Waals surface area contributed by atoms with E-state index in [0.717, 1.165) is 60.4 Å². The van der Waals surface area contributed by atoms with Gasteiger partial charge >= 0.3 is 0 Å². The first-order valence-corrected chi connectivity index (χ1v) is 13.3. The second kappa shape index (κ2) is 12.3. The van der Waals surface area contributed by atoms with Gasteiger partial charge in [-0.05, 0) is 67.9 Å². The number of carbonyl (C=O) groups excluding carboxylic acids is 1. The van der Waals surface area contributed by atoms with Crippen molar-refractivity contribution in [1.82, 2.24) is 20.4 Å². The lowest BCUT2D eigenvalue weighted by Crippen LogP contribution is -2.40. The fraction of sp³-hybridized carbons (Fsp3) is 0.400. The summed E-state index contributed by atoms with van der Waals surface area (Å²) in [4.78, 5) is 19.3. The summed E-state index contributed by atoms with van der Waals surface area (Å²) in [5.74, 6) is 3.59. The first-order valence-electron chi connectivity index (χ1n) is 11.4. The molecule has 1 amide bonds. The first-order chi connectivity index (χ1) is 16.2. The summed E-state index contributed by atoms with van der Waals surface area (Å²) in [6, 6.07) is 18.4. The van der Waals surface area contributed by atoms with Crippen LogP contribution < -0.4 is 5.32 Å². The maximum Gasteiger partial charge on any atom is 0.241 e. The van der Waals surface area contributed by atoms with Gasteiger partial charge in [0.1, 0.15) is 0 Å². The highest BCUT2D eigenvalue weighted by Gasteiger charge is 2.25. The summed E-state index contributed by atoms with van der Waals surface area (Å²) in [6.45, 7) is 3.10. The third-order valence-corrected chi connectivity index (χ3v) is 7.41. The molecule has 1 aliphatic heterocycles. The minimum absolute atomic E-state index is 0.0965. The zero-order chi connectivity index (χ0) is 22.9. The van der Waals surface area contributed by atoms with Gasteiger partial charge in [0.15, 0.2) is 0 Å². The van der Waals surface area contributed by atoms with Gasteiger partial charge in [0, 0.05) is 28.3 Å². The second-order valence-corrected chi connectivity index (χ2v) is 10.3. The van der Waals surface area contributed by atoms with Crippen LogP contribution in [0, 0.1) is 5.92 Å². The Balaban J connectivity index is 1.11. The molecule has 0 aliphatic carbocycles. The number of aromatic nitrogens is 2.